The van der Waals surface area contributed by atoms with Crippen molar-refractivity contribution in [2.75, 3.05) is 51.0 Å². The van der Waals surface area contributed by atoms with E-state index in [1.807, 2.05) is 23.9 Å². The van der Waals surface area contributed by atoms with Crippen LogP contribution in [0, 0.1) is 11.2 Å². The van der Waals surface area contributed by atoms with Gasteiger partial charge in [-0.25, -0.2) is 14.4 Å². The molecule has 3 fully saturated rings. The van der Waals surface area contributed by atoms with Crippen LogP contribution in [0.1, 0.15) is 19.3 Å². The highest BCUT2D eigenvalue weighted by Gasteiger charge is 2.66. The number of benzene rings is 2. The molecule has 0 bridgehead atoms. The van der Waals surface area contributed by atoms with Crippen molar-refractivity contribution in [3.05, 3.63) is 47.5 Å². The molecule has 6 rings (SSSR count). The van der Waals surface area contributed by atoms with Crippen molar-refractivity contribution in [1.82, 2.24) is 14.9 Å². The molecule has 7 nitrogen and oxygen atoms in total. The van der Waals surface area contributed by atoms with Gasteiger partial charge >= 0.3 is 0 Å². The van der Waals surface area contributed by atoms with Gasteiger partial charge in [-0.2, -0.15) is 0 Å². The highest BCUT2D eigenvalue weighted by atomic mass is 35.5. The number of nitrogens with zero attached hydrogens (tertiary/aromatic N) is 3. The van der Waals surface area contributed by atoms with E-state index in [1.54, 1.807) is 13.2 Å². The molecule has 190 valence electrons. The molecule has 1 saturated carbocycles. The first-order valence-corrected chi connectivity index (χ1v) is 13.6. The predicted molar refractivity (Wildman–Crippen MR) is 140 cm³/mol. The molecular weight excluding hydrogens is 503 g/mol. The summed E-state index contributed by atoms with van der Waals surface area (Å²) in [6.07, 6.45) is 4.94. The van der Waals surface area contributed by atoms with E-state index in [0.717, 1.165) is 43.8 Å². The van der Waals surface area contributed by atoms with Crippen LogP contribution in [0.5, 0.6) is 11.5 Å². The van der Waals surface area contributed by atoms with Crippen LogP contribution in [-0.2, 0) is 4.74 Å². The number of aromatic nitrogens is 2. The Kier molecular flexibility index (Phi) is 6.35. The summed E-state index contributed by atoms with van der Waals surface area (Å²) in [5.41, 5.74) is 1.70. The zero-order valence-corrected chi connectivity index (χ0v) is 21.6. The van der Waals surface area contributed by atoms with Crippen molar-refractivity contribution >= 4 is 45.8 Å². The maximum Gasteiger partial charge on any atom is 0.162 e. The zero-order valence-electron chi connectivity index (χ0n) is 20.1. The maximum atomic E-state index is 13.6. The van der Waals surface area contributed by atoms with E-state index in [0.29, 0.717) is 40.5 Å². The van der Waals surface area contributed by atoms with Crippen LogP contribution in [0.4, 0.5) is 15.9 Å². The van der Waals surface area contributed by atoms with Gasteiger partial charge in [-0.15, -0.1) is 11.8 Å². The Bertz CT molecular complexity index is 1290. The second-order valence-corrected chi connectivity index (χ2v) is 11.4. The van der Waals surface area contributed by atoms with E-state index in [-0.39, 0.29) is 9.96 Å². The number of hydrogen-bond donors (Lipinski definition) is 1. The molecule has 2 saturated heterocycles. The number of likely N-dealkylation sites (tertiary alicyclic amines) is 1. The maximum absolute atomic E-state index is 13.6. The van der Waals surface area contributed by atoms with Crippen molar-refractivity contribution in [2.24, 2.45) is 5.41 Å². The topological polar surface area (TPSA) is 68.7 Å². The third-order valence-corrected chi connectivity index (χ3v) is 9.16. The van der Waals surface area contributed by atoms with Crippen LogP contribution in [0.2, 0.25) is 5.02 Å². The van der Waals surface area contributed by atoms with Crippen LogP contribution in [0.25, 0.3) is 10.9 Å². The number of halogens is 2. The van der Waals surface area contributed by atoms with Crippen LogP contribution >= 0.6 is 23.4 Å². The van der Waals surface area contributed by atoms with Gasteiger partial charge < -0.3 is 19.5 Å². The number of ether oxygens (including phenoxy) is 3. The van der Waals surface area contributed by atoms with Crippen molar-refractivity contribution in [1.29, 1.82) is 0 Å². The van der Waals surface area contributed by atoms with Gasteiger partial charge in [0.15, 0.2) is 11.5 Å². The Morgan fingerprint density at radius 3 is 2.83 bits per heavy atom. The molecule has 10 heteroatoms. The van der Waals surface area contributed by atoms with Crippen molar-refractivity contribution in [3.8, 4) is 11.5 Å². The predicted octanol–water partition coefficient (Wildman–Crippen LogP) is 5.50. The molecule has 3 aromatic rings. The number of nitrogens with one attached hydrogen (secondary N) is 1. The number of thioether (sulfide) groups is 1. The summed E-state index contributed by atoms with van der Waals surface area (Å²) in [5.74, 6) is 2.45. The second kappa shape index (κ2) is 9.52. The van der Waals surface area contributed by atoms with Gasteiger partial charge in [0.25, 0.3) is 0 Å². The fourth-order valence-corrected chi connectivity index (χ4v) is 7.08. The van der Waals surface area contributed by atoms with Crippen LogP contribution in [0.3, 0.4) is 0 Å². The standard InChI is InChI=1S/C26H28ClFN4O3S/c1-33-22-13-21-18(24(30-16-29-21)31-17-3-4-20(28)19(27)11-17)12-23(22)34-8-2-7-32-14-25(5-6-25)26(15-32)35-9-10-36-26/h3-4,11-13,16H,2,5-10,14-15H2,1H3,(H,29,30,31). The lowest BCUT2D eigenvalue weighted by molar-refractivity contribution is 0.0216. The Balaban J connectivity index is 1.14. The molecule has 3 heterocycles. The molecule has 0 amide bonds. The number of rotatable bonds is 8. The van der Waals surface area contributed by atoms with E-state index >= 15 is 0 Å². The molecule has 1 atom stereocenters. The van der Waals surface area contributed by atoms with Crippen molar-refractivity contribution in [3.63, 3.8) is 0 Å². The average molecular weight is 531 g/mol. The summed E-state index contributed by atoms with van der Waals surface area (Å²) in [6, 6.07) is 8.17. The first-order chi connectivity index (χ1) is 17.5. The van der Waals surface area contributed by atoms with Crippen molar-refractivity contribution < 1.29 is 18.6 Å². The molecule has 0 radical (unpaired) electrons. The second-order valence-electron chi connectivity index (χ2n) is 9.64. The van der Waals surface area contributed by atoms with E-state index in [1.165, 1.54) is 31.3 Å². The van der Waals surface area contributed by atoms with Gasteiger partial charge in [0, 0.05) is 47.9 Å². The van der Waals surface area contributed by atoms with Gasteiger partial charge in [-0.05, 0) is 43.5 Å². The Morgan fingerprint density at radius 2 is 2.08 bits per heavy atom. The molecule has 3 aliphatic rings. The molecule has 1 aromatic heterocycles. The van der Waals surface area contributed by atoms with Crippen LogP contribution in [-0.4, -0.2) is 65.5 Å². The number of anilines is 2. The van der Waals surface area contributed by atoms with Gasteiger partial charge in [-0.1, -0.05) is 11.6 Å². The summed E-state index contributed by atoms with van der Waals surface area (Å²) in [4.78, 5) is 11.3. The van der Waals surface area contributed by atoms with Gasteiger partial charge in [0.2, 0.25) is 0 Å². The average Bonchev–Trinajstić information content (AvgIpc) is 3.39. The first-order valence-electron chi connectivity index (χ1n) is 12.2. The lowest BCUT2D eigenvalue weighted by Gasteiger charge is -2.28. The summed E-state index contributed by atoms with van der Waals surface area (Å²) in [6.45, 7) is 4.55. The fraction of sp³-hybridized carbons (Fsp3) is 0.462. The van der Waals surface area contributed by atoms with E-state index in [4.69, 9.17) is 25.8 Å². The van der Waals surface area contributed by atoms with Gasteiger partial charge in [0.1, 0.15) is 22.9 Å². The van der Waals surface area contributed by atoms with Crippen LogP contribution in [0.15, 0.2) is 36.7 Å². The third-order valence-electron chi connectivity index (χ3n) is 7.35. The molecule has 1 aliphatic carbocycles. The number of methoxy groups -OCH3 is 1. The molecule has 36 heavy (non-hydrogen) atoms. The first kappa shape index (κ1) is 24.0. The van der Waals surface area contributed by atoms with Gasteiger partial charge in [0.05, 0.1) is 30.9 Å². The minimum Gasteiger partial charge on any atom is -0.493 e. The minimum absolute atomic E-state index is 0.0214. The summed E-state index contributed by atoms with van der Waals surface area (Å²) in [7, 11) is 1.62. The molecule has 1 N–H and O–H groups in total. The lowest BCUT2D eigenvalue weighted by Crippen LogP contribution is -2.35. The van der Waals surface area contributed by atoms with E-state index in [2.05, 4.69) is 20.2 Å². The summed E-state index contributed by atoms with van der Waals surface area (Å²) >= 11 is 7.95. The highest BCUT2D eigenvalue weighted by Crippen LogP contribution is 2.65. The largest absolute Gasteiger partial charge is 0.493 e. The summed E-state index contributed by atoms with van der Waals surface area (Å²) in [5, 5.41) is 4.01. The van der Waals surface area contributed by atoms with Crippen molar-refractivity contribution in [2.45, 2.75) is 24.2 Å². The van der Waals surface area contributed by atoms with E-state index < -0.39 is 5.82 Å². The third kappa shape index (κ3) is 4.36. The minimum atomic E-state index is -0.471. The smallest absolute Gasteiger partial charge is 0.162 e. The molecule has 2 aromatic carbocycles. The van der Waals surface area contributed by atoms with E-state index in [9.17, 15) is 4.39 Å². The molecule has 2 spiro atoms. The normalized spacial score (nSPS) is 22.5. The van der Waals surface area contributed by atoms with Crippen LogP contribution < -0.4 is 14.8 Å². The quantitative estimate of drug-likeness (QED) is 0.383. The fourth-order valence-electron chi connectivity index (χ4n) is 5.38. The SMILES string of the molecule is COc1cc2ncnc(Nc3ccc(F)c(Cl)c3)c2cc1OCCCN1CC2(CC2)C2(C1)OCCS2. The molecular formula is C26H28ClFN4O3S. The number of fused-ring (bicyclic) bond motifs is 2. The molecule has 1 unspecified atom stereocenters. The zero-order chi connectivity index (χ0) is 24.8. The van der Waals surface area contributed by atoms with Gasteiger partial charge in [-0.3, -0.25) is 4.90 Å². The Hall–Kier alpha value is -2.33. The Morgan fingerprint density at radius 1 is 1.19 bits per heavy atom. The molecule has 2 aliphatic heterocycles. The number of hydrogen-bond acceptors (Lipinski definition) is 8. The summed E-state index contributed by atoms with van der Waals surface area (Å²) < 4.78 is 31.6. The lowest BCUT2D eigenvalue weighted by atomic mass is 10.0. The Labute approximate surface area is 218 Å². The monoisotopic (exact) mass is 530 g/mol. The highest BCUT2D eigenvalue weighted by molar-refractivity contribution is 8.00.